The fourth-order valence-electron chi connectivity index (χ4n) is 1.71. The lowest BCUT2D eigenvalue weighted by Gasteiger charge is -1.97. The third kappa shape index (κ3) is 2.89. The number of rotatable bonds is 4. The van der Waals surface area contributed by atoms with Gasteiger partial charge in [0.25, 0.3) is 0 Å². The van der Waals surface area contributed by atoms with Crippen LogP contribution in [-0.2, 0) is 0 Å². The summed E-state index contributed by atoms with van der Waals surface area (Å²) in [6.07, 6.45) is 3.31. The fourth-order valence-corrected chi connectivity index (χ4v) is 1.71. The summed E-state index contributed by atoms with van der Waals surface area (Å²) in [5, 5.41) is 12.7. The Morgan fingerprint density at radius 3 is 2.40 bits per heavy atom. The molecule has 0 bridgehead atoms. The van der Waals surface area contributed by atoms with E-state index in [1.165, 1.54) is 0 Å². The lowest BCUT2D eigenvalue weighted by molar-refractivity contribution is 0.751. The lowest BCUT2D eigenvalue weighted by atomic mass is 10.3. The van der Waals surface area contributed by atoms with Crippen molar-refractivity contribution in [3.05, 3.63) is 72.6 Å². The summed E-state index contributed by atoms with van der Waals surface area (Å²) < 4.78 is 0. The highest BCUT2D eigenvalue weighted by atomic mass is 15.5. The van der Waals surface area contributed by atoms with Crippen molar-refractivity contribution in [3.8, 4) is 5.69 Å². The molecule has 1 heterocycles. The van der Waals surface area contributed by atoms with Crippen LogP contribution in [-0.4, -0.2) is 21.2 Å². The molecule has 0 unspecified atom stereocenters. The molecule has 1 N–H and O–H groups in total. The second-order valence-electron chi connectivity index (χ2n) is 4.13. The van der Waals surface area contributed by atoms with Gasteiger partial charge in [0.15, 0.2) is 0 Å². The molecule has 0 radical (unpaired) electrons. The molecule has 0 aliphatic heterocycles. The minimum absolute atomic E-state index is 0.692. The van der Waals surface area contributed by atoms with E-state index in [-0.39, 0.29) is 0 Å². The van der Waals surface area contributed by atoms with Crippen molar-refractivity contribution in [2.24, 2.45) is 5.10 Å². The Hall–Kier alpha value is -2.95. The van der Waals surface area contributed by atoms with E-state index in [0.29, 0.717) is 5.69 Å². The standard InChI is InChI=1S/C15H13N5/c1-3-7-13(8-4-1)18-16-11-14-12-17-20(19-14)15-9-5-2-6-10-15/h1-12,18H. The summed E-state index contributed by atoms with van der Waals surface area (Å²) in [6, 6.07) is 19.5. The van der Waals surface area contributed by atoms with Gasteiger partial charge in [-0.1, -0.05) is 36.4 Å². The van der Waals surface area contributed by atoms with E-state index in [2.05, 4.69) is 20.7 Å². The Morgan fingerprint density at radius 1 is 0.950 bits per heavy atom. The smallest absolute Gasteiger partial charge is 0.126 e. The minimum atomic E-state index is 0.692. The lowest BCUT2D eigenvalue weighted by Crippen LogP contribution is -1.98. The highest BCUT2D eigenvalue weighted by Gasteiger charge is 1.99. The third-order valence-electron chi connectivity index (χ3n) is 2.66. The third-order valence-corrected chi connectivity index (χ3v) is 2.66. The van der Waals surface area contributed by atoms with E-state index in [9.17, 15) is 0 Å². The molecule has 5 heteroatoms. The number of benzene rings is 2. The maximum absolute atomic E-state index is 4.33. The summed E-state index contributed by atoms with van der Waals surface area (Å²) >= 11 is 0. The van der Waals surface area contributed by atoms with Crippen LogP contribution < -0.4 is 5.43 Å². The molecule has 0 amide bonds. The van der Waals surface area contributed by atoms with Crippen molar-refractivity contribution in [1.29, 1.82) is 0 Å². The highest BCUT2D eigenvalue weighted by molar-refractivity contribution is 5.77. The number of hydrogen-bond acceptors (Lipinski definition) is 4. The van der Waals surface area contributed by atoms with E-state index < -0.39 is 0 Å². The van der Waals surface area contributed by atoms with Crippen LogP contribution in [0.2, 0.25) is 0 Å². The first kappa shape index (κ1) is 12.1. The minimum Gasteiger partial charge on any atom is -0.278 e. The predicted octanol–water partition coefficient (Wildman–Crippen LogP) is 2.71. The Kier molecular flexibility index (Phi) is 3.51. The molecule has 2 aromatic carbocycles. The first-order valence-electron chi connectivity index (χ1n) is 6.24. The SMILES string of the molecule is C(=NNc1ccccc1)c1cnn(-c2ccccc2)n1. The van der Waals surface area contributed by atoms with Crippen LogP contribution in [0.5, 0.6) is 0 Å². The van der Waals surface area contributed by atoms with E-state index in [0.717, 1.165) is 11.4 Å². The Balaban J connectivity index is 1.69. The fraction of sp³-hybridized carbons (Fsp3) is 0. The van der Waals surface area contributed by atoms with Gasteiger partial charge in [-0.25, -0.2) is 0 Å². The van der Waals surface area contributed by atoms with Crippen LogP contribution in [0, 0.1) is 0 Å². The van der Waals surface area contributed by atoms with Crippen molar-refractivity contribution in [2.75, 3.05) is 5.43 Å². The molecule has 3 aromatic rings. The number of hydrogen-bond donors (Lipinski definition) is 1. The number of nitrogens with zero attached hydrogens (tertiary/aromatic N) is 4. The number of para-hydroxylation sites is 2. The van der Waals surface area contributed by atoms with Gasteiger partial charge < -0.3 is 0 Å². The number of anilines is 1. The summed E-state index contributed by atoms with van der Waals surface area (Å²) in [7, 11) is 0. The van der Waals surface area contributed by atoms with Gasteiger partial charge in [-0.05, 0) is 24.3 Å². The van der Waals surface area contributed by atoms with Crippen molar-refractivity contribution < 1.29 is 0 Å². The van der Waals surface area contributed by atoms with Crippen molar-refractivity contribution in [3.63, 3.8) is 0 Å². The van der Waals surface area contributed by atoms with E-state index in [1.54, 1.807) is 17.2 Å². The second kappa shape index (κ2) is 5.79. The monoisotopic (exact) mass is 263 g/mol. The van der Waals surface area contributed by atoms with Gasteiger partial charge in [0, 0.05) is 0 Å². The van der Waals surface area contributed by atoms with Crippen LogP contribution in [0.15, 0.2) is 72.0 Å². The molecular weight excluding hydrogens is 250 g/mol. The first-order valence-corrected chi connectivity index (χ1v) is 6.24. The molecule has 3 rings (SSSR count). The molecule has 0 spiro atoms. The Morgan fingerprint density at radius 2 is 1.65 bits per heavy atom. The van der Waals surface area contributed by atoms with Crippen molar-refractivity contribution >= 4 is 11.9 Å². The summed E-state index contributed by atoms with van der Waals surface area (Å²) in [5.74, 6) is 0. The van der Waals surface area contributed by atoms with Crippen LogP contribution in [0.25, 0.3) is 5.69 Å². The van der Waals surface area contributed by atoms with Gasteiger partial charge in [0.2, 0.25) is 0 Å². The summed E-state index contributed by atoms with van der Waals surface area (Å²) in [5.41, 5.74) is 5.48. The zero-order chi connectivity index (χ0) is 13.6. The largest absolute Gasteiger partial charge is 0.278 e. The van der Waals surface area contributed by atoms with Crippen molar-refractivity contribution in [2.45, 2.75) is 0 Å². The number of aromatic nitrogens is 3. The number of hydrazone groups is 1. The van der Waals surface area contributed by atoms with E-state index in [4.69, 9.17) is 0 Å². The Bertz CT molecular complexity index is 689. The molecule has 0 fully saturated rings. The molecule has 98 valence electrons. The average Bonchev–Trinajstić information content (AvgIpc) is 2.98. The topological polar surface area (TPSA) is 55.1 Å². The molecule has 0 atom stereocenters. The van der Waals surface area contributed by atoms with Crippen LogP contribution >= 0.6 is 0 Å². The van der Waals surface area contributed by atoms with Gasteiger partial charge in [-0.3, -0.25) is 5.43 Å². The van der Waals surface area contributed by atoms with Crippen LogP contribution in [0.3, 0.4) is 0 Å². The molecule has 20 heavy (non-hydrogen) atoms. The normalized spacial score (nSPS) is 10.8. The van der Waals surface area contributed by atoms with Gasteiger partial charge in [0.05, 0.1) is 23.8 Å². The summed E-state index contributed by atoms with van der Waals surface area (Å²) in [6.45, 7) is 0. The molecular formula is C15H13N5. The maximum Gasteiger partial charge on any atom is 0.126 e. The van der Waals surface area contributed by atoms with Gasteiger partial charge in [-0.2, -0.15) is 15.0 Å². The predicted molar refractivity (Wildman–Crippen MR) is 79.0 cm³/mol. The maximum atomic E-state index is 4.33. The second-order valence-corrected chi connectivity index (χ2v) is 4.13. The van der Waals surface area contributed by atoms with Crippen LogP contribution in [0.1, 0.15) is 5.69 Å². The van der Waals surface area contributed by atoms with E-state index in [1.807, 2.05) is 60.7 Å². The van der Waals surface area contributed by atoms with Crippen molar-refractivity contribution in [1.82, 2.24) is 15.0 Å². The molecule has 0 aliphatic rings. The average molecular weight is 263 g/mol. The van der Waals surface area contributed by atoms with Crippen LogP contribution in [0.4, 0.5) is 5.69 Å². The molecule has 1 aromatic heterocycles. The highest BCUT2D eigenvalue weighted by Crippen LogP contribution is 2.05. The molecule has 0 saturated heterocycles. The molecule has 5 nitrogen and oxygen atoms in total. The summed E-state index contributed by atoms with van der Waals surface area (Å²) in [4.78, 5) is 1.57. The zero-order valence-corrected chi connectivity index (χ0v) is 10.7. The van der Waals surface area contributed by atoms with Gasteiger partial charge >= 0.3 is 0 Å². The molecule has 0 aliphatic carbocycles. The van der Waals surface area contributed by atoms with Gasteiger partial charge in [-0.15, -0.1) is 5.10 Å². The number of nitrogens with one attached hydrogen (secondary N) is 1. The van der Waals surface area contributed by atoms with E-state index >= 15 is 0 Å². The van der Waals surface area contributed by atoms with Gasteiger partial charge in [0.1, 0.15) is 5.69 Å². The molecule has 0 saturated carbocycles. The Labute approximate surface area is 116 Å². The quantitative estimate of drug-likeness (QED) is 0.581. The first-order chi connectivity index (χ1) is 9.92. The zero-order valence-electron chi connectivity index (χ0n) is 10.7.